The summed E-state index contributed by atoms with van der Waals surface area (Å²) < 4.78 is 18.8. The Hall–Kier alpha value is -2.57. The van der Waals surface area contributed by atoms with Gasteiger partial charge in [0, 0.05) is 5.56 Å². The van der Waals surface area contributed by atoms with Crippen LogP contribution in [0.4, 0.5) is 9.18 Å². The third kappa shape index (κ3) is 3.52. The normalized spacial score (nSPS) is 15.5. The van der Waals surface area contributed by atoms with Crippen LogP contribution >= 0.6 is 23.2 Å². The number of halogens is 3. The van der Waals surface area contributed by atoms with Crippen molar-refractivity contribution in [3.8, 4) is 5.75 Å². The molecule has 1 aliphatic heterocycles. The number of methoxy groups -OCH3 is 1. The van der Waals surface area contributed by atoms with E-state index >= 15 is 0 Å². The van der Waals surface area contributed by atoms with Crippen molar-refractivity contribution in [1.82, 2.24) is 10.2 Å². The van der Waals surface area contributed by atoms with Crippen molar-refractivity contribution in [2.75, 3.05) is 7.11 Å². The quantitative estimate of drug-likeness (QED) is 0.623. The molecule has 8 heteroatoms. The Morgan fingerprint density at radius 2 is 1.85 bits per heavy atom. The molecule has 1 N–H and O–H groups in total. The van der Waals surface area contributed by atoms with Gasteiger partial charge in [0.05, 0.1) is 23.7 Å². The summed E-state index contributed by atoms with van der Waals surface area (Å²) in [5.41, 5.74) is 0.800. The predicted octanol–water partition coefficient (Wildman–Crippen LogP) is 4.23. The van der Waals surface area contributed by atoms with E-state index in [-0.39, 0.29) is 27.9 Å². The Bertz CT molecular complexity index is 907. The largest absolute Gasteiger partial charge is 0.494 e. The van der Waals surface area contributed by atoms with Crippen LogP contribution < -0.4 is 10.1 Å². The molecule has 0 spiro atoms. The fourth-order valence-corrected chi connectivity index (χ4v) is 3.19. The maximum absolute atomic E-state index is 13.8. The van der Waals surface area contributed by atoms with Crippen LogP contribution in [0.5, 0.6) is 5.75 Å². The number of benzene rings is 2. The van der Waals surface area contributed by atoms with E-state index in [2.05, 4.69) is 5.32 Å². The zero-order valence-corrected chi connectivity index (χ0v) is 15.1. The second kappa shape index (κ2) is 7.35. The summed E-state index contributed by atoms with van der Waals surface area (Å²) in [6, 6.07) is 8.43. The maximum atomic E-state index is 13.8. The van der Waals surface area contributed by atoms with Crippen LogP contribution in [-0.4, -0.2) is 23.9 Å². The van der Waals surface area contributed by atoms with Crippen molar-refractivity contribution in [2.45, 2.75) is 6.54 Å². The van der Waals surface area contributed by atoms with Gasteiger partial charge in [-0.15, -0.1) is 0 Å². The molecular formula is C18H13Cl2FN2O3. The van der Waals surface area contributed by atoms with Crippen LogP contribution in [-0.2, 0) is 11.3 Å². The minimum absolute atomic E-state index is 0.0450. The number of imide groups is 1. The zero-order valence-electron chi connectivity index (χ0n) is 13.6. The van der Waals surface area contributed by atoms with E-state index in [0.29, 0.717) is 11.3 Å². The number of ether oxygens (including phenoxy) is 1. The first-order chi connectivity index (χ1) is 12.4. The van der Waals surface area contributed by atoms with E-state index in [0.717, 1.165) is 4.90 Å². The van der Waals surface area contributed by atoms with Gasteiger partial charge in [0.1, 0.15) is 11.5 Å². The number of carbonyl (C=O) groups excluding carboxylic acids is 2. The van der Waals surface area contributed by atoms with E-state index < -0.39 is 17.8 Å². The summed E-state index contributed by atoms with van der Waals surface area (Å²) in [4.78, 5) is 25.5. The second-order valence-electron chi connectivity index (χ2n) is 5.49. The number of amides is 3. The first kappa shape index (κ1) is 18.2. The van der Waals surface area contributed by atoms with Crippen molar-refractivity contribution in [1.29, 1.82) is 0 Å². The number of rotatable bonds is 4. The summed E-state index contributed by atoms with van der Waals surface area (Å²) >= 11 is 12.2. The number of hydrogen-bond donors (Lipinski definition) is 1. The highest BCUT2D eigenvalue weighted by atomic mass is 35.5. The van der Waals surface area contributed by atoms with Crippen LogP contribution in [0.2, 0.25) is 10.0 Å². The van der Waals surface area contributed by atoms with E-state index in [1.165, 1.54) is 31.4 Å². The second-order valence-corrected chi connectivity index (χ2v) is 6.30. The van der Waals surface area contributed by atoms with Gasteiger partial charge >= 0.3 is 6.03 Å². The average Bonchev–Trinajstić information content (AvgIpc) is 2.84. The SMILES string of the molecule is COc1c(Cl)cc(/C=C2/NC(=O)N(Cc3ccccc3F)C2=O)cc1Cl. The van der Waals surface area contributed by atoms with Crippen LogP contribution in [0, 0.1) is 5.82 Å². The van der Waals surface area contributed by atoms with Gasteiger partial charge in [-0.25, -0.2) is 9.18 Å². The zero-order chi connectivity index (χ0) is 18.8. The molecule has 1 fully saturated rings. The van der Waals surface area contributed by atoms with Crippen molar-refractivity contribution >= 4 is 41.2 Å². The van der Waals surface area contributed by atoms with Gasteiger partial charge in [-0.05, 0) is 29.8 Å². The average molecular weight is 395 g/mol. The number of hydrogen-bond acceptors (Lipinski definition) is 3. The molecule has 3 rings (SSSR count). The third-order valence-electron chi connectivity index (χ3n) is 3.78. The summed E-state index contributed by atoms with van der Waals surface area (Å²) in [5, 5.41) is 3.01. The molecule has 3 amide bonds. The number of carbonyl (C=O) groups is 2. The van der Waals surface area contributed by atoms with Crippen LogP contribution in [0.3, 0.4) is 0 Å². The Morgan fingerprint density at radius 1 is 1.19 bits per heavy atom. The van der Waals surface area contributed by atoms with Gasteiger partial charge in [-0.2, -0.15) is 0 Å². The maximum Gasteiger partial charge on any atom is 0.329 e. The fraction of sp³-hybridized carbons (Fsp3) is 0.111. The van der Waals surface area contributed by atoms with Crippen molar-refractivity contribution in [3.05, 3.63) is 69.1 Å². The lowest BCUT2D eigenvalue weighted by atomic mass is 10.1. The van der Waals surface area contributed by atoms with Crippen molar-refractivity contribution in [3.63, 3.8) is 0 Å². The molecule has 1 saturated heterocycles. The Morgan fingerprint density at radius 3 is 2.46 bits per heavy atom. The van der Waals surface area contributed by atoms with Gasteiger partial charge in [-0.1, -0.05) is 41.4 Å². The van der Waals surface area contributed by atoms with E-state index in [1.807, 2.05) is 0 Å². The van der Waals surface area contributed by atoms with Crippen molar-refractivity contribution in [2.24, 2.45) is 0 Å². The molecule has 0 unspecified atom stereocenters. The highest BCUT2D eigenvalue weighted by molar-refractivity contribution is 6.37. The molecule has 26 heavy (non-hydrogen) atoms. The van der Waals surface area contributed by atoms with Gasteiger partial charge in [-0.3, -0.25) is 9.69 Å². The molecule has 2 aromatic rings. The molecule has 1 heterocycles. The number of nitrogens with zero attached hydrogens (tertiary/aromatic N) is 1. The smallest absolute Gasteiger partial charge is 0.329 e. The Kier molecular flexibility index (Phi) is 5.15. The molecule has 0 aromatic heterocycles. The molecule has 5 nitrogen and oxygen atoms in total. The standard InChI is InChI=1S/C18H13Cl2FN2O3/c1-26-16-12(19)6-10(7-13(16)20)8-15-17(24)23(18(25)22-15)9-11-4-2-3-5-14(11)21/h2-8H,9H2,1H3,(H,22,25)/b15-8+. The van der Waals surface area contributed by atoms with Crippen LogP contribution in [0.15, 0.2) is 42.1 Å². The minimum atomic E-state index is -0.629. The molecule has 134 valence electrons. The van der Waals surface area contributed by atoms with E-state index in [1.54, 1.807) is 18.2 Å². The summed E-state index contributed by atoms with van der Waals surface area (Å²) in [6.45, 7) is -0.168. The lowest BCUT2D eigenvalue weighted by molar-refractivity contribution is -0.123. The van der Waals surface area contributed by atoms with Gasteiger partial charge in [0.2, 0.25) is 0 Å². The first-order valence-electron chi connectivity index (χ1n) is 7.51. The molecule has 0 bridgehead atoms. The Balaban J connectivity index is 1.87. The molecular weight excluding hydrogens is 382 g/mol. The molecule has 0 aliphatic carbocycles. The number of urea groups is 1. The lowest BCUT2D eigenvalue weighted by Gasteiger charge is -2.12. The topological polar surface area (TPSA) is 58.6 Å². The predicted molar refractivity (Wildman–Crippen MR) is 96.5 cm³/mol. The Labute approximate surface area is 159 Å². The highest BCUT2D eigenvalue weighted by Crippen LogP contribution is 2.34. The fourth-order valence-electron chi connectivity index (χ4n) is 2.54. The van der Waals surface area contributed by atoms with E-state index in [9.17, 15) is 14.0 Å². The summed E-state index contributed by atoms with van der Waals surface area (Å²) in [6.07, 6.45) is 1.44. The molecule has 1 aliphatic rings. The summed E-state index contributed by atoms with van der Waals surface area (Å²) in [7, 11) is 1.44. The van der Waals surface area contributed by atoms with Gasteiger partial charge < -0.3 is 10.1 Å². The van der Waals surface area contributed by atoms with Gasteiger partial charge in [0.25, 0.3) is 5.91 Å². The van der Waals surface area contributed by atoms with Crippen molar-refractivity contribution < 1.29 is 18.7 Å². The van der Waals surface area contributed by atoms with Crippen LogP contribution in [0.25, 0.3) is 6.08 Å². The summed E-state index contributed by atoms with van der Waals surface area (Å²) in [5.74, 6) is -0.737. The monoisotopic (exact) mass is 394 g/mol. The highest BCUT2D eigenvalue weighted by Gasteiger charge is 2.34. The molecule has 0 saturated carbocycles. The van der Waals surface area contributed by atoms with Gasteiger partial charge in [0.15, 0.2) is 5.75 Å². The van der Waals surface area contributed by atoms with Crippen LogP contribution in [0.1, 0.15) is 11.1 Å². The third-order valence-corrected chi connectivity index (χ3v) is 4.35. The van der Waals surface area contributed by atoms with E-state index in [4.69, 9.17) is 27.9 Å². The number of nitrogens with one attached hydrogen (secondary N) is 1. The molecule has 0 atom stereocenters. The minimum Gasteiger partial charge on any atom is -0.494 e. The molecule has 0 radical (unpaired) electrons. The first-order valence-corrected chi connectivity index (χ1v) is 8.27. The lowest BCUT2D eigenvalue weighted by Crippen LogP contribution is -2.30. The molecule has 2 aromatic carbocycles.